The number of anilines is 3. The lowest BCUT2D eigenvalue weighted by Gasteiger charge is -2.19. The highest BCUT2D eigenvalue weighted by atomic mass is 16.5. The fourth-order valence-electron chi connectivity index (χ4n) is 2.66. The number of para-hydroxylation sites is 3. The van der Waals surface area contributed by atoms with Gasteiger partial charge in [0.1, 0.15) is 23.1 Å². The Hall–Kier alpha value is -3.41. The van der Waals surface area contributed by atoms with Crippen molar-refractivity contribution < 1.29 is 9.53 Å². The van der Waals surface area contributed by atoms with Crippen molar-refractivity contribution in [2.75, 3.05) is 23.9 Å². The van der Waals surface area contributed by atoms with Crippen LogP contribution in [-0.4, -0.2) is 29.5 Å². The normalized spacial score (nSPS) is 10.3. The van der Waals surface area contributed by atoms with E-state index in [-0.39, 0.29) is 5.91 Å². The highest BCUT2D eigenvalue weighted by Crippen LogP contribution is 2.25. The molecule has 0 radical (unpaired) electrons. The van der Waals surface area contributed by atoms with E-state index in [2.05, 4.69) is 15.3 Å². The number of aryl methyl sites for hydroxylation is 1. The number of amides is 1. The van der Waals surface area contributed by atoms with Crippen LogP contribution in [0.3, 0.4) is 0 Å². The smallest absolute Gasteiger partial charge is 0.274 e. The predicted molar refractivity (Wildman–Crippen MR) is 107 cm³/mol. The second kappa shape index (κ2) is 8.31. The molecule has 0 aliphatic rings. The first-order valence-electron chi connectivity index (χ1n) is 8.76. The van der Waals surface area contributed by atoms with Gasteiger partial charge in [0.15, 0.2) is 0 Å². The van der Waals surface area contributed by atoms with E-state index in [0.29, 0.717) is 35.4 Å². The van der Waals surface area contributed by atoms with Crippen LogP contribution in [-0.2, 0) is 0 Å². The number of hydrogen-bond donors (Lipinski definition) is 1. The van der Waals surface area contributed by atoms with E-state index in [1.165, 1.54) is 0 Å². The molecule has 0 atom stereocenters. The maximum atomic E-state index is 12.8. The maximum absolute atomic E-state index is 12.8. The molecule has 0 bridgehead atoms. The summed E-state index contributed by atoms with van der Waals surface area (Å²) >= 11 is 0. The van der Waals surface area contributed by atoms with Crippen LogP contribution in [0.15, 0.2) is 60.7 Å². The lowest BCUT2D eigenvalue weighted by molar-refractivity contribution is 0.102. The predicted octanol–water partition coefficient (Wildman–Crippen LogP) is 4.20. The summed E-state index contributed by atoms with van der Waals surface area (Å²) in [5.41, 5.74) is 1.88. The third-order valence-electron chi connectivity index (χ3n) is 3.98. The topological polar surface area (TPSA) is 67.3 Å². The lowest BCUT2D eigenvalue weighted by atomic mass is 10.2. The number of hydrogen-bond acceptors (Lipinski definition) is 5. The van der Waals surface area contributed by atoms with Gasteiger partial charge in [0.2, 0.25) is 0 Å². The summed E-state index contributed by atoms with van der Waals surface area (Å²) in [6.07, 6.45) is 0. The van der Waals surface area contributed by atoms with Crippen molar-refractivity contribution in [2.45, 2.75) is 13.8 Å². The average Bonchev–Trinajstić information content (AvgIpc) is 2.69. The van der Waals surface area contributed by atoms with Gasteiger partial charge in [-0.15, -0.1) is 0 Å². The summed E-state index contributed by atoms with van der Waals surface area (Å²) in [4.78, 5) is 23.4. The molecule has 2 aromatic carbocycles. The molecule has 3 aromatic rings. The van der Waals surface area contributed by atoms with Crippen molar-refractivity contribution in [3.8, 4) is 5.75 Å². The first-order valence-corrected chi connectivity index (χ1v) is 8.76. The minimum Gasteiger partial charge on any atom is -0.492 e. The van der Waals surface area contributed by atoms with Crippen molar-refractivity contribution in [3.63, 3.8) is 0 Å². The zero-order chi connectivity index (χ0) is 19.2. The number of aromatic nitrogens is 2. The molecule has 1 amide bonds. The molecular weight excluding hydrogens is 340 g/mol. The van der Waals surface area contributed by atoms with Crippen LogP contribution in [0.25, 0.3) is 0 Å². The van der Waals surface area contributed by atoms with Crippen molar-refractivity contribution in [1.29, 1.82) is 0 Å². The monoisotopic (exact) mass is 362 g/mol. The molecule has 0 saturated heterocycles. The standard InChI is InChI=1S/C21H22N4O2/c1-4-27-19-13-9-8-12-17(19)24-21(26)18-14-20(23-15(2)22-18)25(3)16-10-6-5-7-11-16/h5-14H,4H2,1-3H3,(H,24,26). The van der Waals surface area contributed by atoms with Crippen LogP contribution in [0.5, 0.6) is 5.75 Å². The Bertz CT molecular complexity index is 928. The quantitative estimate of drug-likeness (QED) is 0.712. The fraction of sp³-hybridized carbons (Fsp3) is 0.190. The highest BCUT2D eigenvalue weighted by Gasteiger charge is 2.15. The Balaban J connectivity index is 1.87. The summed E-state index contributed by atoms with van der Waals surface area (Å²) in [7, 11) is 1.91. The average molecular weight is 362 g/mol. The molecule has 1 aromatic heterocycles. The zero-order valence-corrected chi connectivity index (χ0v) is 15.6. The van der Waals surface area contributed by atoms with E-state index in [9.17, 15) is 4.79 Å². The van der Waals surface area contributed by atoms with E-state index >= 15 is 0 Å². The third kappa shape index (κ3) is 4.41. The van der Waals surface area contributed by atoms with Gasteiger partial charge in [-0.1, -0.05) is 30.3 Å². The van der Waals surface area contributed by atoms with Crippen LogP contribution in [0, 0.1) is 6.92 Å². The molecule has 0 saturated carbocycles. The molecule has 6 nitrogen and oxygen atoms in total. The van der Waals surface area contributed by atoms with Gasteiger partial charge >= 0.3 is 0 Å². The van der Waals surface area contributed by atoms with Crippen LogP contribution >= 0.6 is 0 Å². The third-order valence-corrected chi connectivity index (χ3v) is 3.98. The summed E-state index contributed by atoms with van der Waals surface area (Å²) in [6, 6.07) is 18.8. The Morgan fingerprint density at radius 2 is 1.78 bits per heavy atom. The molecule has 0 aliphatic heterocycles. The van der Waals surface area contributed by atoms with Gasteiger partial charge in [0, 0.05) is 18.8 Å². The van der Waals surface area contributed by atoms with Crippen LogP contribution in [0.4, 0.5) is 17.2 Å². The lowest BCUT2D eigenvalue weighted by Crippen LogP contribution is -2.18. The Kier molecular flexibility index (Phi) is 5.66. The highest BCUT2D eigenvalue weighted by molar-refractivity contribution is 6.04. The minimum absolute atomic E-state index is 0.298. The molecule has 0 fully saturated rings. The van der Waals surface area contributed by atoms with Gasteiger partial charge in [0.25, 0.3) is 5.91 Å². The van der Waals surface area contributed by atoms with Gasteiger partial charge in [0.05, 0.1) is 12.3 Å². The molecule has 0 spiro atoms. The molecule has 138 valence electrons. The van der Waals surface area contributed by atoms with E-state index in [1.807, 2.05) is 67.4 Å². The number of benzene rings is 2. The van der Waals surface area contributed by atoms with E-state index < -0.39 is 0 Å². The number of rotatable bonds is 6. The zero-order valence-electron chi connectivity index (χ0n) is 15.6. The van der Waals surface area contributed by atoms with Gasteiger partial charge in [-0.3, -0.25) is 4.79 Å². The van der Waals surface area contributed by atoms with Gasteiger partial charge < -0.3 is 15.0 Å². The second-order valence-electron chi connectivity index (χ2n) is 5.94. The Morgan fingerprint density at radius 3 is 2.52 bits per heavy atom. The number of carbonyl (C=O) groups is 1. The van der Waals surface area contributed by atoms with Gasteiger partial charge in [-0.25, -0.2) is 9.97 Å². The van der Waals surface area contributed by atoms with E-state index in [4.69, 9.17) is 4.74 Å². The number of nitrogens with one attached hydrogen (secondary N) is 1. The van der Waals surface area contributed by atoms with Crippen molar-refractivity contribution >= 4 is 23.1 Å². The summed E-state index contributed by atoms with van der Waals surface area (Å²) in [6.45, 7) is 4.19. The SMILES string of the molecule is CCOc1ccccc1NC(=O)c1cc(N(C)c2ccccc2)nc(C)n1. The van der Waals surface area contributed by atoms with Crippen molar-refractivity contribution in [2.24, 2.45) is 0 Å². The summed E-state index contributed by atoms with van der Waals surface area (Å²) < 4.78 is 5.56. The van der Waals surface area contributed by atoms with Gasteiger partial charge in [-0.05, 0) is 38.1 Å². The van der Waals surface area contributed by atoms with Crippen molar-refractivity contribution in [3.05, 3.63) is 72.2 Å². The molecule has 6 heteroatoms. The molecule has 3 rings (SSSR count). The molecular formula is C21H22N4O2. The maximum Gasteiger partial charge on any atom is 0.274 e. The van der Waals surface area contributed by atoms with Crippen LogP contribution in [0.1, 0.15) is 23.2 Å². The Morgan fingerprint density at radius 1 is 1.07 bits per heavy atom. The molecule has 27 heavy (non-hydrogen) atoms. The molecule has 0 aliphatic carbocycles. The fourth-order valence-corrected chi connectivity index (χ4v) is 2.66. The minimum atomic E-state index is -0.310. The van der Waals surface area contributed by atoms with Crippen LogP contribution in [0.2, 0.25) is 0 Å². The van der Waals surface area contributed by atoms with E-state index in [1.54, 1.807) is 19.1 Å². The Labute approximate surface area is 158 Å². The number of ether oxygens (including phenoxy) is 1. The molecule has 1 N–H and O–H groups in total. The molecule has 1 heterocycles. The number of carbonyl (C=O) groups excluding carboxylic acids is 1. The van der Waals surface area contributed by atoms with Gasteiger partial charge in [-0.2, -0.15) is 0 Å². The molecule has 0 unspecified atom stereocenters. The summed E-state index contributed by atoms with van der Waals surface area (Å²) in [5.74, 6) is 1.49. The van der Waals surface area contributed by atoms with Crippen molar-refractivity contribution in [1.82, 2.24) is 9.97 Å². The van der Waals surface area contributed by atoms with Crippen LogP contribution < -0.4 is 15.0 Å². The second-order valence-corrected chi connectivity index (χ2v) is 5.94. The van der Waals surface area contributed by atoms with E-state index in [0.717, 1.165) is 5.69 Å². The summed E-state index contributed by atoms with van der Waals surface area (Å²) in [5, 5.41) is 2.87. The number of nitrogens with zero attached hydrogens (tertiary/aromatic N) is 3. The first-order chi connectivity index (χ1) is 13.1. The first kappa shape index (κ1) is 18.4. The largest absolute Gasteiger partial charge is 0.492 e.